The van der Waals surface area contributed by atoms with Crippen molar-refractivity contribution in [2.24, 2.45) is 11.7 Å². The summed E-state index contributed by atoms with van der Waals surface area (Å²) in [5, 5.41) is 10.1. The molecule has 0 bridgehead atoms. The first-order valence-corrected chi connectivity index (χ1v) is 5.20. The first-order valence-electron chi connectivity index (χ1n) is 4.82. The number of hydrogen-bond donors (Lipinski definition) is 2. The van der Waals surface area contributed by atoms with Gasteiger partial charge in [-0.15, -0.1) is 0 Å². The van der Waals surface area contributed by atoms with Crippen molar-refractivity contribution < 1.29 is 9.50 Å². The molecule has 0 heterocycles. The first kappa shape index (κ1) is 12.4. The number of aliphatic hydroxyl groups is 1. The number of hydrogen-bond acceptors (Lipinski definition) is 2. The monoisotopic (exact) mass is 231 g/mol. The fourth-order valence-electron chi connectivity index (χ4n) is 1.35. The second-order valence-electron chi connectivity index (χ2n) is 3.90. The van der Waals surface area contributed by atoms with Crippen molar-refractivity contribution in [3.05, 3.63) is 34.6 Å². The molecule has 2 atom stereocenters. The predicted molar refractivity (Wildman–Crippen MR) is 59.2 cm³/mol. The van der Waals surface area contributed by atoms with E-state index in [1.807, 2.05) is 13.8 Å². The van der Waals surface area contributed by atoms with Gasteiger partial charge in [0, 0.05) is 16.6 Å². The summed E-state index contributed by atoms with van der Waals surface area (Å²) in [5.74, 6) is -0.471. The minimum atomic E-state index is -1.07. The first-order chi connectivity index (χ1) is 6.95. The molecule has 0 saturated carbocycles. The van der Waals surface area contributed by atoms with Crippen LogP contribution in [-0.2, 0) is 0 Å². The van der Waals surface area contributed by atoms with E-state index in [1.54, 1.807) is 0 Å². The van der Waals surface area contributed by atoms with Gasteiger partial charge in [0.05, 0.1) is 6.10 Å². The molecule has 1 aromatic rings. The summed E-state index contributed by atoms with van der Waals surface area (Å²) in [6.07, 6.45) is -1.07. The van der Waals surface area contributed by atoms with E-state index < -0.39 is 18.0 Å². The van der Waals surface area contributed by atoms with Crippen molar-refractivity contribution in [1.29, 1.82) is 0 Å². The largest absolute Gasteiger partial charge is 0.387 e. The average molecular weight is 232 g/mol. The highest BCUT2D eigenvalue weighted by Gasteiger charge is 2.24. The molecule has 84 valence electrons. The normalized spacial score (nSPS) is 15.4. The number of aliphatic hydroxyl groups excluding tert-OH is 1. The van der Waals surface area contributed by atoms with Gasteiger partial charge in [-0.1, -0.05) is 31.5 Å². The van der Waals surface area contributed by atoms with Gasteiger partial charge in [-0.25, -0.2) is 4.39 Å². The minimum Gasteiger partial charge on any atom is -0.387 e. The van der Waals surface area contributed by atoms with Crippen LogP contribution in [0, 0.1) is 11.7 Å². The smallest absolute Gasteiger partial charge is 0.130 e. The van der Waals surface area contributed by atoms with Gasteiger partial charge >= 0.3 is 0 Å². The average Bonchev–Trinajstić information content (AvgIpc) is 2.15. The van der Waals surface area contributed by atoms with Gasteiger partial charge in [0.1, 0.15) is 5.82 Å². The second-order valence-corrected chi connectivity index (χ2v) is 4.31. The highest BCUT2D eigenvalue weighted by molar-refractivity contribution is 6.31. The van der Waals surface area contributed by atoms with Crippen LogP contribution >= 0.6 is 11.6 Å². The molecule has 2 nitrogen and oxygen atoms in total. The topological polar surface area (TPSA) is 46.2 Å². The molecule has 0 amide bonds. The van der Waals surface area contributed by atoms with Crippen molar-refractivity contribution >= 4 is 11.6 Å². The number of benzene rings is 1. The maximum absolute atomic E-state index is 13.4. The van der Waals surface area contributed by atoms with Gasteiger partial charge in [-0.3, -0.25) is 0 Å². The van der Waals surface area contributed by atoms with E-state index in [2.05, 4.69) is 0 Å². The fourth-order valence-corrected chi connectivity index (χ4v) is 1.63. The summed E-state index contributed by atoms with van der Waals surface area (Å²) < 4.78 is 13.4. The minimum absolute atomic E-state index is 0.0515. The Morgan fingerprint density at radius 3 is 2.47 bits per heavy atom. The molecule has 0 fully saturated rings. The Balaban J connectivity index is 3.05. The highest BCUT2D eigenvalue weighted by Crippen LogP contribution is 2.29. The predicted octanol–water partition coefficient (Wildman–Crippen LogP) is 2.50. The SMILES string of the molecule is CC(C)C(N)C(O)c1c(F)cccc1Cl. The maximum atomic E-state index is 13.4. The Labute approximate surface area is 93.9 Å². The van der Waals surface area contributed by atoms with Crippen LogP contribution in [0.2, 0.25) is 5.02 Å². The van der Waals surface area contributed by atoms with Gasteiger partial charge < -0.3 is 10.8 Å². The second kappa shape index (κ2) is 4.92. The van der Waals surface area contributed by atoms with Crippen LogP contribution in [0.1, 0.15) is 25.5 Å². The van der Waals surface area contributed by atoms with Crippen LogP contribution in [0.5, 0.6) is 0 Å². The third kappa shape index (κ3) is 2.68. The van der Waals surface area contributed by atoms with Gasteiger partial charge in [0.25, 0.3) is 0 Å². The quantitative estimate of drug-likeness (QED) is 0.840. The lowest BCUT2D eigenvalue weighted by atomic mass is 9.94. The molecule has 0 aliphatic rings. The van der Waals surface area contributed by atoms with E-state index in [0.29, 0.717) is 0 Å². The molecule has 2 unspecified atom stereocenters. The Hall–Kier alpha value is -0.640. The third-order valence-corrected chi connectivity index (χ3v) is 2.76. The Bertz CT molecular complexity index is 323. The molecule has 3 N–H and O–H groups in total. The van der Waals surface area contributed by atoms with Crippen LogP contribution in [-0.4, -0.2) is 11.1 Å². The van der Waals surface area contributed by atoms with E-state index in [-0.39, 0.29) is 16.5 Å². The van der Waals surface area contributed by atoms with Crippen molar-refractivity contribution in [2.45, 2.75) is 26.0 Å². The Kier molecular flexibility index (Phi) is 4.08. The molecule has 0 aromatic heterocycles. The van der Waals surface area contributed by atoms with Crippen LogP contribution < -0.4 is 5.73 Å². The molecular weight excluding hydrogens is 217 g/mol. The summed E-state index contributed by atoms with van der Waals surface area (Å²) >= 11 is 5.82. The fraction of sp³-hybridized carbons (Fsp3) is 0.455. The van der Waals surface area contributed by atoms with Gasteiger partial charge in [-0.05, 0) is 18.1 Å². The zero-order chi connectivity index (χ0) is 11.6. The molecule has 1 aromatic carbocycles. The number of rotatable bonds is 3. The molecule has 4 heteroatoms. The summed E-state index contributed by atoms with van der Waals surface area (Å²) in [5.41, 5.74) is 5.84. The lowest BCUT2D eigenvalue weighted by Gasteiger charge is -2.23. The van der Waals surface area contributed by atoms with Crippen molar-refractivity contribution in [3.8, 4) is 0 Å². The highest BCUT2D eigenvalue weighted by atomic mass is 35.5. The molecule has 0 radical (unpaired) electrons. The van der Waals surface area contributed by atoms with Crippen molar-refractivity contribution in [1.82, 2.24) is 0 Å². The van der Waals surface area contributed by atoms with E-state index in [4.69, 9.17) is 17.3 Å². The van der Waals surface area contributed by atoms with E-state index in [0.717, 1.165) is 0 Å². The van der Waals surface area contributed by atoms with Crippen molar-refractivity contribution in [2.75, 3.05) is 0 Å². The zero-order valence-corrected chi connectivity index (χ0v) is 9.50. The van der Waals surface area contributed by atoms with Crippen molar-refractivity contribution in [3.63, 3.8) is 0 Å². The molecule has 0 aliphatic heterocycles. The summed E-state index contributed by atoms with van der Waals surface area (Å²) in [7, 11) is 0. The standard InChI is InChI=1S/C11H15ClFNO/c1-6(2)10(14)11(15)9-7(12)4-3-5-8(9)13/h3-6,10-11,15H,14H2,1-2H3. The van der Waals surface area contributed by atoms with Crippen LogP contribution in [0.3, 0.4) is 0 Å². The molecule has 1 rings (SSSR count). The van der Waals surface area contributed by atoms with Crippen LogP contribution in [0.25, 0.3) is 0 Å². The summed E-state index contributed by atoms with van der Waals surface area (Å²) in [6, 6.07) is 3.77. The molecule has 0 aliphatic carbocycles. The summed E-state index contributed by atoms with van der Waals surface area (Å²) in [4.78, 5) is 0. The molecule has 0 saturated heterocycles. The van der Waals surface area contributed by atoms with Crippen LogP contribution in [0.4, 0.5) is 4.39 Å². The molecular formula is C11H15ClFNO. The van der Waals surface area contributed by atoms with E-state index >= 15 is 0 Å². The zero-order valence-electron chi connectivity index (χ0n) is 8.74. The lowest BCUT2D eigenvalue weighted by Crippen LogP contribution is -2.34. The molecule has 15 heavy (non-hydrogen) atoms. The summed E-state index contributed by atoms with van der Waals surface area (Å²) in [6.45, 7) is 3.73. The van der Waals surface area contributed by atoms with Gasteiger partial charge in [-0.2, -0.15) is 0 Å². The number of nitrogens with two attached hydrogens (primary N) is 1. The van der Waals surface area contributed by atoms with Gasteiger partial charge in [0.2, 0.25) is 0 Å². The number of halogens is 2. The Morgan fingerprint density at radius 2 is 2.00 bits per heavy atom. The van der Waals surface area contributed by atoms with E-state index in [1.165, 1.54) is 18.2 Å². The lowest BCUT2D eigenvalue weighted by molar-refractivity contribution is 0.122. The van der Waals surface area contributed by atoms with Crippen LogP contribution in [0.15, 0.2) is 18.2 Å². The Morgan fingerprint density at radius 1 is 1.40 bits per heavy atom. The third-order valence-electron chi connectivity index (χ3n) is 2.43. The molecule has 0 spiro atoms. The maximum Gasteiger partial charge on any atom is 0.130 e. The van der Waals surface area contributed by atoms with Gasteiger partial charge in [0.15, 0.2) is 0 Å². The van der Waals surface area contributed by atoms with E-state index in [9.17, 15) is 9.50 Å².